The van der Waals surface area contributed by atoms with Gasteiger partial charge in [-0.25, -0.2) is 9.97 Å². The molecule has 4 bridgehead atoms. The number of carbonyl (C=O) groups excluding carboxylic acids is 2. The number of carbonyl (C=O) groups is 2. The molecule has 6 fully saturated rings. The highest BCUT2D eigenvalue weighted by Crippen LogP contribution is 2.55. The third-order valence-electron chi connectivity index (χ3n) is 9.07. The van der Waals surface area contributed by atoms with Crippen LogP contribution in [0.25, 0.3) is 0 Å². The van der Waals surface area contributed by atoms with Gasteiger partial charge in [0.15, 0.2) is 0 Å². The molecule has 2 amide bonds. The second kappa shape index (κ2) is 7.93. The van der Waals surface area contributed by atoms with E-state index < -0.39 is 5.60 Å². The van der Waals surface area contributed by atoms with Gasteiger partial charge in [0.25, 0.3) is 5.91 Å². The second-order valence-electron chi connectivity index (χ2n) is 11.4. The normalized spacial score (nSPS) is 36.0. The Hall–Kier alpha value is -2.22. The largest absolute Gasteiger partial charge is 0.390 e. The zero-order valence-electron chi connectivity index (χ0n) is 19.5. The lowest BCUT2D eigenvalue weighted by molar-refractivity contribution is -0.137. The molecule has 8 nitrogen and oxygen atoms in total. The van der Waals surface area contributed by atoms with E-state index in [4.69, 9.17) is 4.98 Å². The fourth-order valence-corrected chi connectivity index (χ4v) is 7.60. The number of nitrogens with zero attached hydrogens (tertiary/aromatic N) is 4. The molecule has 2 heterocycles. The van der Waals surface area contributed by atoms with E-state index in [0.717, 1.165) is 63.5 Å². The zero-order chi connectivity index (χ0) is 22.7. The van der Waals surface area contributed by atoms with E-state index >= 15 is 0 Å². The first-order chi connectivity index (χ1) is 15.9. The highest BCUT2D eigenvalue weighted by Gasteiger charge is 2.55. The van der Waals surface area contributed by atoms with Crippen LogP contribution in [-0.4, -0.2) is 70.1 Å². The first-order valence-electron chi connectivity index (χ1n) is 12.8. The maximum atomic E-state index is 13.5. The van der Waals surface area contributed by atoms with Gasteiger partial charge in [0.05, 0.1) is 23.4 Å². The summed E-state index contributed by atoms with van der Waals surface area (Å²) in [6.07, 6.45) is 10.9. The van der Waals surface area contributed by atoms with Crippen LogP contribution in [0.1, 0.15) is 79.8 Å². The standard InChI is InChI=1S/C25H35N5O3/c1-29-6-7-30(14-20(29)31)24-26-13-19(22(28-24)16-4-2-3-5-16)23(32)27-21-17-8-15-9-18(21)12-25(33,10-15)11-17/h13,15-18,21,33H,2-12,14H2,1H3,(H,27,32). The fraction of sp³-hybridized carbons (Fsp3) is 0.760. The predicted molar refractivity (Wildman–Crippen MR) is 123 cm³/mol. The molecule has 6 aliphatic rings. The van der Waals surface area contributed by atoms with Crippen LogP contribution >= 0.6 is 0 Å². The van der Waals surface area contributed by atoms with Crippen molar-refractivity contribution in [3.8, 4) is 0 Å². The van der Waals surface area contributed by atoms with Crippen molar-refractivity contribution in [2.24, 2.45) is 17.8 Å². The van der Waals surface area contributed by atoms with E-state index in [9.17, 15) is 14.7 Å². The van der Waals surface area contributed by atoms with Gasteiger partial charge in [-0.05, 0) is 62.7 Å². The molecule has 1 aliphatic heterocycles. The van der Waals surface area contributed by atoms with Crippen molar-refractivity contribution in [1.29, 1.82) is 0 Å². The molecule has 33 heavy (non-hydrogen) atoms. The summed E-state index contributed by atoms with van der Waals surface area (Å²) in [5, 5.41) is 14.3. The van der Waals surface area contributed by atoms with Crippen LogP contribution in [-0.2, 0) is 4.79 Å². The first-order valence-corrected chi connectivity index (χ1v) is 12.8. The molecule has 0 radical (unpaired) electrons. The quantitative estimate of drug-likeness (QED) is 0.724. The summed E-state index contributed by atoms with van der Waals surface area (Å²) in [7, 11) is 1.82. The Bertz CT molecular complexity index is 945. The molecule has 0 aromatic carbocycles. The van der Waals surface area contributed by atoms with Gasteiger partial charge in [0.2, 0.25) is 11.9 Å². The Labute approximate surface area is 195 Å². The third kappa shape index (κ3) is 3.80. The minimum absolute atomic E-state index is 0.0672. The number of rotatable bonds is 4. The van der Waals surface area contributed by atoms with Gasteiger partial charge >= 0.3 is 0 Å². The molecular weight excluding hydrogens is 418 g/mol. The lowest BCUT2D eigenvalue weighted by Crippen LogP contribution is -2.61. The first kappa shape index (κ1) is 21.3. The summed E-state index contributed by atoms with van der Waals surface area (Å²) in [4.78, 5) is 38.9. The molecule has 5 saturated carbocycles. The summed E-state index contributed by atoms with van der Waals surface area (Å²) in [6, 6.07) is 0.140. The number of amides is 2. The SMILES string of the molecule is CN1CCN(c2ncc(C(=O)NC3C4CC5CC3CC(O)(C5)C4)c(C3CCCC3)n2)CC1=O. The average Bonchev–Trinajstić information content (AvgIpc) is 3.31. The van der Waals surface area contributed by atoms with Crippen molar-refractivity contribution in [1.82, 2.24) is 20.2 Å². The van der Waals surface area contributed by atoms with Crippen molar-refractivity contribution >= 4 is 17.8 Å². The van der Waals surface area contributed by atoms with E-state index in [2.05, 4.69) is 10.3 Å². The monoisotopic (exact) mass is 453 g/mol. The predicted octanol–water partition coefficient (Wildman–Crippen LogP) is 2.08. The van der Waals surface area contributed by atoms with E-state index in [1.165, 1.54) is 0 Å². The van der Waals surface area contributed by atoms with Crippen LogP contribution in [0.3, 0.4) is 0 Å². The zero-order valence-corrected chi connectivity index (χ0v) is 19.5. The van der Waals surface area contributed by atoms with Crippen LogP contribution in [0.4, 0.5) is 5.95 Å². The van der Waals surface area contributed by atoms with Gasteiger partial charge in [-0.2, -0.15) is 0 Å². The van der Waals surface area contributed by atoms with Gasteiger partial charge in [-0.3, -0.25) is 9.59 Å². The maximum Gasteiger partial charge on any atom is 0.254 e. The number of hydrogen-bond donors (Lipinski definition) is 2. The molecule has 178 valence electrons. The molecule has 8 heteroatoms. The number of anilines is 1. The van der Waals surface area contributed by atoms with Crippen molar-refractivity contribution < 1.29 is 14.7 Å². The highest BCUT2D eigenvalue weighted by molar-refractivity contribution is 5.95. The molecule has 0 spiro atoms. The minimum Gasteiger partial charge on any atom is -0.390 e. The molecule has 2 atom stereocenters. The van der Waals surface area contributed by atoms with Gasteiger partial charge in [-0.1, -0.05) is 12.8 Å². The number of likely N-dealkylation sites (N-methyl/N-ethyl adjacent to an activating group) is 1. The molecule has 5 aliphatic carbocycles. The van der Waals surface area contributed by atoms with Gasteiger partial charge in [0.1, 0.15) is 0 Å². The summed E-state index contributed by atoms with van der Waals surface area (Å²) in [6.45, 7) is 1.63. The summed E-state index contributed by atoms with van der Waals surface area (Å²) >= 11 is 0. The number of aliphatic hydroxyl groups is 1. The van der Waals surface area contributed by atoms with Crippen LogP contribution in [0.5, 0.6) is 0 Å². The van der Waals surface area contributed by atoms with Crippen LogP contribution in [0.2, 0.25) is 0 Å². The lowest BCUT2D eigenvalue weighted by atomic mass is 9.52. The van der Waals surface area contributed by atoms with Crippen molar-refractivity contribution in [3.05, 3.63) is 17.5 Å². The second-order valence-corrected chi connectivity index (χ2v) is 11.4. The Balaban J connectivity index is 1.25. The number of nitrogens with one attached hydrogen (secondary N) is 1. The van der Waals surface area contributed by atoms with Crippen LogP contribution in [0.15, 0.2) is 6.20 Å². The summed E-state index contributed by atoms with van der Waals surface area (Å²) in [5.41, 5.74) is 0.944. The Kier molecular flexibility index (Phi) is 5.12. The van der Waals surface area contributed by atoms with Gasteiger partial charge in [-0.15, -0.1) is 0 Å². The van der Waals surface area contributed by atoms with Crippen molar-refractivity contribution in [3.63, 3.8) is 0 Å². The maximum absolute atomic E-state index is 13.5. The van der Waals surface area contributed by atoms with E-state index in [-0.39, 0.29) is 30.3 Å². The molecule has 1 aromatic rings. The van der Waals surface area contributed by atoms with Crippen LogP contribution in [0, 0.1) is 17.8 Å². The van der Waals surface area contributed by atoms with E-state index in [1.54, 1.807) is 11.1 Å². The number of aromatic nitrogens is 2. The fourth-order valence-electron chi connectivity index (χ4n) is 7.60. The van der Waals surface area contributed by atoms with Gasteiger partial charge < -0.3 is 20.2 Å². The average molecular weight is 454 g/mol. The highest BCUT2D eigenvalue weighted by atomic mass is 16.3. The number of hydrogen-bond acceptors (Lipinski definition) is 6. The van der Waals surface area contributed by atoms with Crippen molar-refractivity contribution in [2.45, 2.75) is 75.3 Å². The third-order valence-corrected chi connectivity index (χ3v) is 9.07. The molecule has 1 aromatic heterocycles. The number of piperazine rings is 1. The van der Waals surface area contributed by atoms with Gasteiger partial charge in [0, 0.05) is 38.3 Å². The molecule has 2 unspecified atom stereocenters. The minimum atomic E-state index is -0.503. The molecule has 2 N–H and O–H groups in total. The lowest BCUT2D eigenvalue weighted by Gasteiger charge is -2.58. The Morgan fingerprint density at radius 2 is 1.88 bits per heavy atom. The van der Waals surface area contributed by atoms with E-state index in [0.29, 0.717) is 42.4 Å². The smallest absolute Gasteiger partial charge is 0.254 e. The summed E-state index contributed by atoms with van der Waals surface area (Å²) in [5.74, 6) is 2.19. The molecule has 7 rings (SSSR count). The Morgan fingerprint density at radius 3 is 2.55 bits per heavy atom. The summed E-state index contributed by atoms with van der Waals surface area (Å²) < 4.78 is 0. The topological polar surface area (TPSA) is 98.7 Å². The molecular formula is C25H35N5O3. The van der Waals surface area contributed by atoms with Crippen LogP contribution < -0.4 is 10.2 Å². The van der Waals surface area contributed by atoms with Crippen molar-refractivity contribution in [2.75, 3.05) is 31.6 Å². The molecule has 1 saturated heterocycles. The Morgan fingerprint density at radius 1 is 1.15 bits per heavy atom. The van der Waals surface area contributed by atoms with E-state index in [1.807, 2.05) is 11.9 Å².